The number of hydrogen-bond donors (Lipinski definition) is 2. The average molecular weight is 300 g/mol. The summed E-state index contributed by atoms with van der Waals surface area (Å²) in [5.41, 5.74) is -0.176. The van der Waals surface area contributed by atoms with Crippen LogP contribution < -0.4 is 15.5 Å². The van der Waals surface area contributed by atoms with E-state index >= 15 is 0 Å². The molecule has 9 heteroatoms. The molecular formula is C11H14ClN5O3. The number of carbonyl (C=O) groups excluding carboxylic acids is 1. The normalized spacial score (nSPS) is 18.7. The van der Waals surface area contributed by atoms with Crippen LogP contribution in [0.2, 0.25) is 5.02 Å². The molecule has 1 saturated heterocycles. The van der Waals surface area contributed by atoms with Crippen LogP contribution in [0.5, 0.6) is 0 Å². The lowest BCUT2D eigenvalue weighted by molar-refractivity contribution is -0.385. The number of nitro groups is 1. The smallest absolute Gasteiger partial charge is 0.289 e. The molecule has 108 valence electrons. The van der Waals surface area contributed by atoms with Gasteiger partial charge in [0.2, 0.25) is 5.91 Å². The van der Waals surface area contributed by atoms with Gasteiger partial charge >= 0.3 is 0 Å². The van der Waals surface area contributed by atoms with Crippen molar-refractivity contribution >= 4 is 29.0 Å². The van der Waals surface area contributed by atoms with Gasteiger partial charge in [-0.2, -0.15) is 0 Å². The van der Waals surface area contributed by atoms with Crippen molar-refractivity contribution in [1.82, 2.24) is 15.6 Å². The second kappa shape index (κ2) is 6.02. The Morgan fingerprint density at radius 1 is 1.70 bits per heavy atom. The van der Waals surface area contributed by atoms with E-state index in [1.54, 1.807) is 11.9 Å². The van der Waals surface area contributed by atoms with Crippen molar-refractivity contribution in [2.45, 2.75) is 6.04 Å². The maximum Gasteiger partial charge on any atom is 0.289 e. The van der Waals surface area contributed by atoms with Gasteiger partial charge in [0.1, 0.15) is 18.1 Å². The van der Waals surface area contributed by atoms with Crippen LogP contribution in [0, 0.1) is 10.1 Å². The minimum atomic E-state index is -0.559. The van der Waals surface area contributed by atoms with Crippen LogP contribution in [0.4, 0.5) is 11.5 Å². The number of likely N-dealkylation sites (N-methyl/N-ethyl adjacent to an activating group) is 1. The van der Waals surface area contributed by atoms with Crippen molar-refractivity contribution in [3.63, 3.8) is 0 Å². The second-order valence-electron chi connectivity index (χ2n) is 4.28. The number of pyridine rings is 1. The molecule has 1 fully saturated rings. The van der Waals surface area contributed by atoms with Crippen molar-refractivity contribution in [2.24, 2.45) is 0 Å². The minimum absolute atomic E-state index is 0.159. The molecule has 1 aromatic heterocycles. The Morgan fingerprint density at radius 3 is 3.05 bits per heavy atom. The van der Waals surface area contributed by atoms with Crippen LogP contribution >= 0.6 is 11.6 Å². The molecular weight excluding hydrogens is 286 g/mol. The van der Waals surface area contributed by atoms with Gasteiger partial charge in [-0.05, 0) is 0 Å². The molecule has 8 nitrogen and oxygen atoms in total. The summed E-state index contributed by atoms with van der Waals surface area (Å²) >= 11 is 6.06. The minimum Gasteiger partial charge on any atom is -0.357 e. The summed E-state index contributed by atoms with van der Waals surface area (Å²) in [5.74, 6) is 0.223. The first-order chi connectivity index (χ1) is 9.54. The molecule has 2 rings (SSSR count). The SMILES string of the molecule is CNC(=O)C1CNCCN1c1ncc([N+](=O)[O-])cc1Cl. The molecule has 1 unspecified atom stereocenters. The number of nitrogens with one attached hydrogen (secondary N) is 2. The first-order valence-electron chi connectivity index (χ1n) is 6.03. The third-order valence-corrected chi connectivity index (χ3v) is 3.36. The van der Waals surface area contributed by atoms with E-state index in [1.807, 2.05) is 0 Å². The Bertz CT molecular complexity index is 539. The largest absolute Gasteiger partial charge is 0.357 e. The number of anilines is 1. The van der Waals surface area contributed by atoms with Gasteiger partial charge in [0.15, 0.2) is 0 Å². The van der Waals surface area contributed by atoms with Crippen LogP contribution in [0.15, 0.2) is 12.3 Å². The number of nitrogens with zero attached hydrogens (tertiary/aromatic N) is 3. The monoisotopic (exact) mass is 299 g/mol. The molecule has 0 bridgehead atoms. The van der Waals surface area contributed by atoms with Crippen molar-refractivity contribution in [3.8, 4) is 0 Å². The Morgan fingerprint density at radius 2 is 2.45 bits per heavy atom. The highest BCUT2D eigenvalue weighted by molar-refractivity contribution is 6.33. The van der Waals surface area contributed by atoms with Crippen molar-refractivity contribution < 1.29 is 9.72 Å². The molecule has 2 N–H and O–H groups in total. The highest BCUT2D eigenvalue weighted by atomic mass is 35.5. The van der Waals surface area contributed by atoms with Gasteiger partial charge in [-0.15, -0.1) is 0 Å². The van der Waals surface area contributed by atoms with E-state index in [2.05, 4.69) is 15.6 Å². The van der Waals surface area contributed by atoms with Crippen LogP contribution in [-0.4, -0.2) is 48.5 Å². The Labute approximate surface area is 120 Å². The lowest BCUT2D eigenvalue weighted by Crippen LogP contribution is -2.58. The quantitative estimate of drug-likeness (QED) is 0.609. The molecule has 0 saturated carbocycles. The lowest BCUT2D eigenvalue weighted by Gasteiger charge is -2.36. The predicted molar refractivity (Wildman–Crippen MR) is 74.0 cm³/mol. The summed E-state index contributed by atoms with van der Waals surface area (Å²) in [5, 5.41) is 16.5. The highest BCUT2D eigenvalue weighted by Gasteiger charge is 2.30. The van der Waals surface area contributed by atoms with E-state index in [9.17, 15) is 14.9 Å². The first kappa shape index (κ1) is 14.5. The predicted octanol–water partition coefficient (Wildman–Crippen LogP) is 0.167. The van der Waals surface area contributed by atoms with E-state index in [4.69, 9.17) is 11.6 Å². The fourth-order valence-electron chi connectivity index (χ4n) is 2.09. The van der Waals surface area contributed by atoms with Gasteiger partial charge in [0.25, 0.3) is 5.69 Å². The summed E-state index contributed by atoms with van der Waals surface area (Å²) < 4.78 is 0. The Balaban J connectivity index is 2.32. The van der Waals surface area contributed by atoms with Gasteiger partial charge in [-0.25, -0.2) is 4.98 Å². The molecule has 0 radical (unpaired) electrons. The van der Waals surface area contributed by atoms with E-state index < -0.39 is 11.0 Å². The highest BCUT2D eigenvalue weighted by Crippen LogP contribution is 2.28. The molecule has 1 aliphatic rings. The molecule has 1 atom stereocenters. The number of hydrogen-bond acceptors (Lipinski definition) is 6. The van der Waals surface area contributed by atoms with Crippen LogP contribution in [0.25, 0.3) is 0 Å². The van der Waals surface area contributed by atoms with Gasteiger partial charge in [-0.3, -0.25) is 14.9 Å². The Kier molecular flexibility index (Phi) is 4.35. The van der Waals surface area contributed by atoms with Gasteiger partial charge in [-0.1, -0.05) is 11.6 Å². The van der Waals surface area contributed by atoms with Crippen LogP contribution in [0.3, 0.4) is 0 Å². The third-order valence-electron chi connectivity index (χ3n) is 3.08. The summed E-state index contributed by atoms with van der Waals surface area (Å²) in [6, 6.07) is 0.799. The molecule has 1 aliphatic heterocycles. The fourth-order valence-corrected chi connectivity index (χ4v) is 2.36. The lowest BCUT2D eigenvalue weighted by atomic mass is 10.1. The van der Waals surface area contributed by atoms with Crippen molar-refractivity contribution in [2.75, 3.05) is 31.6 Å². The molecule has 1 aromatic rings. The molecule has 20 heavy (non-hydrogen) atoms. The number of aromatic nitrogens is 1. The molecule has 0 aliphatic carbocycles. The Hall–Kier alpha value is -1.93. The van der Waals surface area contributed by atoms with Crippen LogP contribution in [-0.2, 0) is 4.79 Å². The zero-order valence-electron chi connectivity index (χ0n) is 10.8. The average Bonchev–Trinajstić information content (AvgIpc) is 2.46. The summed E-state index contributed by atoms with van der Waals surface area (Å²) in [7, 11) is 1.56. The van der Waals surface area contributed by atoms with Gasteiger partial charge < -0.3 is 15.5 Å². The van der Waals surface area contributed by atoms with Crippen molar-refractivity contribution in [1.29, 1.82) is 0 Å². The summed E-state index contributed by atoms with van der Waals surface area (Å²) in [6.07, 6.45) is 1.14. The number of halogens is 1. The zero-order chi connectivity index (χ0) is 14.7. The number of amides is 1. The second-order valence-corrected chi connectivity index (χ2v) is 4.69. The van der Waals surface area contributed by atoms with E-state index in [0.717, 1.165) is 6.20 Å². The number of piperazine rings is 1. The summed E-state index contributed by atoms with van der Waals surface area (Å²) in [6.45, 7) is 1.69. The topological polar surface area (TPSA) is 100 Å². The van der Waals surface area contributed by atoms with E-state index in [1.165, 1.54) is 6.07 Å². The van der Waals surface area contributed by atoms with Gasteiger partial charge in [0.05, 0.1) is 9.95 Å². The van der Waals surface area contributed by atoms with Crippen LogP contribution in [0.1, 0.15) is 0 Å². The fraction of sp³-hybridized carbons (Fsp3) is 0.455. The van der Waals surface area contributed by atoms with Gasteiger partial charge in [0, 0.05) is 32.7 Å². The van der Waals surface area contributed by atoms with Crippen molar-refractivity contribution in [3.05, 3.63) is 27.4 Å². The maximum atomic E-state index is 11.9. The molecule has 2 heterocycles. The van der Waals surface area contributed by atoms with E-state index in [0.29, 0.717) is 25.5 Å². The number of carbonyl (C=O) groups is 1. The van der Waals surface area contributed by atoms with E-state index in [-0.39, 0.29) is 16.6 Å². The standard InChI is InChI=1S/C11H14ClN5O3/c1-13-11(18)9-6-14-2-3-16(9)10-8(12)4-7(5-15-10)17(19)20/h4-5,9,14H,2-3,6H2,1H3,(H,13,18). The zero-order valence-corrected chi connectivity index (χ0v) is 11.6. The molecule has 1 amide bonds. The molecule has 0 spiro atoms. The first-order valence-corrected chi connectivity index (χ1v) is 6.41. The summed E-state index contributed by atoms with van der Waals surface area (Å²) in [4.78, 5) is 27.8. The third kappa shape index (κ3) is 2.81. The maximum absolute atomic E-state index is 11.9. The molecule has 0 aromatic carbocycles. The number of rotatable bonds is 3.